The number of benzene rings is 1. The third-order valence-electron chi connectivity index (χ3n) is 3.25. The molecule has 3 nitrogen and oxygen atoms in total. The van der Waals surface area contributed by atoms with E-state index in [1.165, 1.54) is 0 Å². The fraction of sp³-hybridized carbons (Fsp3) is 0.333. The van der Waals surface area contributed by atoms with E-state index in [1.54, 1.807) is 6.07 Å². The summed E-state index contributed by atoms with van der Waals surface area (Å²) in [5.74, 6) is 0.345. The van der Waals surface area contributed by atoms with E-state index in [4.69, 9.17) is 0 Å². The molecule has 0 radical (unpaired) electrons. The van der Waals surface area contributed by atoms with Crippen molar-refractivity contribution in [1.29, 1.82) is 0 Å². The lowest BCUT2D eigenvalue weighted by molar-refractivity contribution is 0.462. The average Bonchev–Trinajstić information content (AvgIpc) is 2.60. The van der Waals surface area contributed by atoms with Gasteiger partial charge in [-0.15, -0.1) is 0 Å². The largest absolute Gasteiger partial charge is 0.508 e. The number of aromatic nitrogens is 1. The molecule has 3 heteroatoms. The first-order chi connectivity index (χ1) is 8.49. The Hall–Kier alpha value is -1.90. The Balaban J connectivity index is 2.24. The highest BCUT2D eigenvalue weighted by atomic mass is 16.3. The highest BCUT2D eigenvalue weighted by Gasteiger charge is 2.11. The lowest BCUT2D eigenvalue weighted by Gasteiger charge is -2.20. The van der Waals surface area contributed by atoms with Gasteiger partial charge in [0.1, 0.15) is 5.75 Å². The SMILES string of the molecule is Cc1ccc(C(C)Nn2c(C)ccc2C)c(O)c1. The van der Waals surface area contributed by atoms with Crippen molar-refractivity contribution in [3.63, 3.8) is 0 Å². The third-order valence-corrected chi connectivity index (χ3v) is 3.25. The summed E-state index contributed by atoms with van der Waals surface area (Å²) in [4.78, 5) is 0. The summed E-state index contributed by atoms with van der Waals surface area (Å²) >= 11 is 0. The molecule has 0 spiro atoms. The Kier molecular flexibility index (Phi) is 3.32. The molecule has 2 N–H and O–H groups in total. The summed E-state index contributed by atoms with van der Waals surface area (Å²) in [7, 11) is 0. The lowest BCUT2D eigenvalue weighted by atomic mass is 10.1. The molecule has 1 heterocycles. The molecule has 2 aromatic rings. The number of aryl methyl sites for hydroxylation is 3. The van der Waals surface area contributed by atoms with Crippen molar-refractivity contribution in [2.75, 3.05) is 5.43 Å². The van der Waals surface area contributed by atoms with E-state index in [1.807, 2.05) is 30.7 Å². The summed E-state index contributed by atoms with van der Waals surface area (Å²) in [6.45, 7) is 8.13. The maximum atomic E-state index is 9.98. The summed E-state index contributed by atoms with van der Waals surface area (Å²) in [6.07, 6.45) is 0. The molecule has 1 aromatic carbocycles. The molecule has 0 aliphatic heterocycles. The van der Waals surface area contributed by atoms with E-state index >= 15 is 0 Å². The molecule has 18 heavy (non-hydrogen) atoms. The standard InChI is InChI=1S/C15H20N2O/c1-10-5-8-14(15(18)9-10)13(4)16-17-11(2)6-7-12(17)3/h5-9,13,16,18H,1-4H3. The summed E-state index contributed by atoms with van der Waals surface area (Å²) < 4.78 is 2.05. The normalized spacial score (nSPS) is 12.4. The van der Waals surface area contributed by atoms with Crippen LogP contribution < -0.4 is 5.43 Å². The molecule has 0 aliphatic rings. The third kappa shape index (κ3) is 2.35. The van der Waals surface area contributed by atoms with E-state index in [0.29, 0.717) is 5.75 Å². The molecule has 0 bridgehead atoms. The van der Waals surface area contributed by atoms with Crippen LogP contribution in [0.25, 0.3) is 0 Å². The van der Waals surface area contributed by atoms with Crippen LogP contribution in [0.3, 0.4) is 0 Å². The zero-order valence-corrected chi connectivity index (χ0v) is 11.4. The van der Waals surface area contributed by atoms with Crippen LogP contribution in [0.5, 0.6) is 5.75 Å². The maximum absolute atomic E-state index is 9.98. The van der Waals surface area contributed by atoms with Gasteiger partial charge in [-0.3, -0.25) is 4.68 Å². The number of nitrogens with one attached hydrogen (secondary N) is 1. The molecule has 1 atom stereocenters. The van der Waals surface area contributed by atoms with Gasteiger partial charge in [0.05, 0.1) is 6.04 Å². The van der Waals surface area contributed by atoms with Gasteiger partial charge >= 0.3 is 0 Å². The number of hydrogen-bond acceptors (Lipinski definition) is 2. The van der Waals surface area contributed by atoms with Crippen molar-refractivity contribution < 1.29 is 5.11 Å². The fourth-order valence-electron chi connectivity index (χ4n) is 2.16. The van der Waals surface area contributed by atoms with Crippen LogP contribution in [0.4, 0.5) is 0 Å². The smallest absolute Gasteiger partial charge is 0.121 e. The van der Waals surface area contributed by atoms with Gasteiger partial charge in [-0.25, -0.2) is 0 Å². The quantitative estimate of drug-likeness (QED) is 0.868. The van der Waals surface area contributed by atoms with Crippen molar-refractivity contribution >= 4 is 0 Å². The first-order valence-corrected chi connectivity index (χ1v) is 6.20. The predicted octanol–water partition coefficient (Wildman–Crippen LogP) is 3.42. The van der Waals surface area contributed by atoms with E-state index in [-0.39, 0.29) is 6.04 Å². The Morgan fingerprint density at radius 1 is 1.06 bits per heavy atom. The molecule has 0 saturated carbocycles. The Labute approximate surface area is 108 Å². The van der Waals surface area contributed by atoms with Gasteiger partial charge in [0, 0.05) is 17.0 Å². The number of aromatic hydroxyl groups is 1. The van der Waals surface area contributed by atoms with E-state index in [9.17, 15) is 5.11 Å². The van der Waals surface area contributed by atoms with Gasteiger partial charge < -0.3 is 10.5 Å². The fourth-order valence-corrected chi connectivity index (χ4v) is 2.16. The summed E-state index contributed by atoms with van der Waals surface area (Å²) in [5, 5.41) is 9.98. The van der Waals surface area contributed by atoms with Gasteiger partial charge in [-0.05, 0) is 51.5 Å². The van der Waals surface area contributed by atoms with Crippen LogP contribution in [0, 0.1) is 20.8 Å². The molecule has 0 saturated heterocycles. The summed E-state index contributed by atoms with van der Waals surface area (Å²) in [5.41, 5.74) is 7.68. The minimum Gasteiger partial charge on any atom is -0.508 e. The Morgan fingerprint density at radius 3 is 2.22 bits per heavy atom. The van der Waals surface area contributed by atoms with Crippen LogP contribution in [0.1, 0.15) is 35.5 Å². The minimum absolute atomic E-state index is 0.0513. The molecular weight excluding hydrogens is 224 g/mol. The van der Waals surface area contributed by atoms with E-state index in [0.717, 1.165) is 22.5 Å². The summed E-state index contributed by atoms with van der Waals surface area (Å²) in [6, 6.07) is 9.98. The van der Waals surface area contributed by atoms with Crippen molar-refractivity contribution in [3.8, 4) is 5.75 Å². The lowest BCUT2D eigenvalue weighted by Crippen LogP contribution is -2.21. The van der Waals surface area contributed by atoms with Gasteiger partial charge in [-0.2, -0.15) is 0 Å². The molecular formula is C15H20N2O. The highest BCUT2D eigenvalue weighted by Crippen LogP contribution is 2.26. The van der Waals surface area contributed by atoms with E-state index < -0.39 is 0 Å². The number of hydrogen-bond donors (Lipinski definition) is 2. The molecule has 1 unspecified atom stereocenters. The topological polar surface area (TPSA) is 37.2 Å². The minimum atomic E-state index is 0.0513. The molecule has 1 aromatic heterocycles. The van der Waals surface area contributed by atoms with Crippen molar-refractivity contribution in [1.82, 2.24) is 4.68 Å². The zero-order valence-electron chi connectivity index (χ0n) is 11.4. The number of phenols is 1. The van der Waals surface area contributed by atoms with Gasteiger partial charge in [0.25, 0.3) is 0 Å². The second-order valence-corrected chi connectivity index (χ2v) is 4.86. The van der Waals surface area contributed by atoms with E-state index in [2.05, 4.69) is 31.4 Å². The first-order valence-electron chi connectivity index (χ1n) is 6.20. The average molecular weight is 244 g/mol. The Morgan fingerprint density at radius 2 is 1.67 bits per heavy atom. The molecule has 96 valence electrons. The van der Waals surface area contributed by atoms with Crippen LogP contribution in [0.2, 0.25) is 0 Å². The van der Waals surface area contributed by atoms with Crippen LogP contribution in [-0.2, 0) is 0 Å². The van der Waals surface area contributed by atoms with Gasteiger partial charge in [-0.1, -0.05) is 12.1 Å². The van der Waals surface area contributed by atoms with Gasteiger partial charge in [0.15, 0.2) is 0 Å². The molecule has 0 fully saturated rings. The number of rotatable bonds is 3. The van der Waals surface area contributed by atoms with Crippen molar-refractivity contribution in [2.24, 2.45) is 0 Å². The van der Waals surface area contributed by atoms with Crippen LogP contribution in [-0.4, -0.2) is 9.78 Å². The van der Waals surface area contributed by atoms with Crippen molar-refractivity contribution in [3.05, 3.63) is 52.8 Å². The van der Waals surface area contributed by atoms with Crippen LogP contribution >= 0.6 is 0 Å². The molecule has 0 amide bonds. The predicted molar refractivity (Wildman–Crippen MR) is 74.5 cm³/mol. The zero-order chi connectivity index (χ0) is 13.3. The van der Waals surface area contributed by atoms with Crippen molar-refractivity contribution in [2.45, 2.75) is 33.7 Å². The maximum Gasteiger partial charge on any atom is 0.121 e. The Bertz CT molecular complexity index is 538. The van der Waals surface area contributed by atoms with Gasteiger partial charge in [0.2, 0.25) is 0 Å². The first kappa shape index (κ1) is 12.6. The molecule has 2 rings (SSSR count). The monoisotopic (exact) mass is 244 g/mol. The second-order valence-electron chi connectivity index (χ2n) is 4.86. The van der Waals surface area contributed by atoms with Crippen LogP contribution in [0.15, 0.2) is 30.3 Å². The number of nitrogens with zero attached hydrogens (tertiary/aromatic N) is 1. The number of phenolic OH excluding ortho intramolecular Hbond substituents is 1. The molecule has 0 aliphatic carbocycles. The second kappa shape index (κ2) is 4.77. The highest BCUT2D eigenvalue weighted by molar-refractivity contribution is 5.39.